The van der Waals surface area contributed by atoms with Crippen molar-refractivity contribution in [2.45, 2.75) is 51.0 Å². The van der Waals surface area contributed by atoms with Crippen LogP contribution in [-0.2, 0) is 10.0 Å². The van der Waals surface area contributed by atoms with Gasteiger partial charge < -0.3 is 15.4 Å². The van der Waals surface area contributed by atoms with Crippen LogP contribution >= 0.6 is 0 Å². The number of hydrogen-bond acceptors (Lipinski definition) is 8. The van der Waals surface area contributed by atoms with Gasteiger partial charge in [-0.1, -0.05) is 39.2 Å². The molecular weight excluding hydrogens is 533 g/mol. The van der Waals surface area contributed by atoms with E-state index in [0.717, 1.165) is 25.7 Å². The Morgan fingerprint density at radius 3 is 2.58 bits per heavy atom. The molecule has 3 N–H and O–H groups in total. The van der Waals surface area contributed by atoms with E-state index < -0.39 is 21.7 Å². The van der Waals surface area contributed by atoms with E-state index in [1.165, 1.54) is 42.8 Å². The number of benzene rings is 1. The van der Waals surface area contributed by atoms with Crippen LogP contribution in [0, 0.1) is 17.7 Å². The molecule has 1 saturated carbocycles. The molecule has 9 nitrogen and oxygen atoms in total. The highest BCUT2D eigenvalue weighted by atomic mass is 32.2. The van der Waals surface area contributed by atoms with Crippen molar-refractivity contribution in [3.05, 3.63) is 59.9 Å². The van der Waals surface area contributed by atoms with E-state index in [2.05, 4.69) is 9.71 Å². The van der Waals surface area contributed by atoms with Crippen LogP contribution in [0.3, 0.4) is 0 Å². The summed E-state index contributed by atoms with van der Waals surface area (Å²) in [6.45, 7) is 5.08. The van der Waals surface area contributed by atoms with Gasteiger partial charge in [0.05, 0.1) is 17.9 Å². The van der Waals surface area contributed by atoms with Gasteiger partial charge in [-0.05, 0) is 61.1 Å². The molecule has 11 heteroatoms. The molecule has 0 radical (unpaired) electrons. The maximum absolute atomic E-state index is 14.5. The molecule has 1 aromatic carbocycles. The summed E-state index contributed by atoms with van der Waals surface area (Å²) >= 11 is 0. The average molecular weight is 570 g/mol. The van der Waals surface area contributed by atoms with Gasteiger partial charge >= 0.3 is 0 Å². The maximum Gasteiger partial charge on any atom is 0.281 e. The van der Waals surface area contributed by atoms with Gasteiger partial charge in [-0.15, -0.1) is 0 Å². The van der Waals surface area contributed by atoms with Gasteiger partial charge in [-0.3, -0.25) is 4.79 Å². The first kappa shape index (κ1) is 29.3. The SMILES string of the molecule is CC(C)COc1cc(F)cc(-c2ccc(C(=O)NS(=O)(=O)c3cccc(N)n3)c(N(C)CC3CCCCC3)n2)c1. The molecule has 1 fully saturated rings. The summed E-state index contributed by atoms with van der Waals surface area (Å²) in [6, 6.07) is 11.6. The van der Waals surface area contributed by atoms with Gasteiger partial charge in [0.1, 0.15) is 23.2 Å². The summed E-state index contributed by atoms with van der Waals surface area (Å²) in [4.78, 5) is 23.8. The van der Waals surface area contributed by atoms with E-state index in [0.29, 0.717) is 41.9 Å². The standard InChI is InChI=1S/C29H36FN5O4S/c1-19(2)18-39-23-15-21(14-22(30)16-23)25-13-12-24(28(32-25)35(3)17-20-8-5-4-6-9-20)29(36)34-40(37,38)27-11-7-10-26(31)33-27/h7,10-16,19-20H,4-6,8-9,17-18H2,1-3H3,(H2,31,33)(H,34,36). The number of nitrogens with one attached hydrogen (secondary N) is 1. The highest BCUT2D eigenvalue weighted by Gasteiger charge is 2.26. The summed E-state index contributed by atoms with van der Waals surface area (Å²) in [7, 11) is -2.46. The van der Waals surface area contributed by atoms with Crippen LogP contribution < -0.4 is 20.1 Å². The Kier molecular flexibility index (Phi) is 9.24. The van der Waals surface area contributed by atoms with Gasteiger partial charge in [0, 0.05) is 25.2 Å². The molecule has 2 aromatic heterocycles. The minimum Gasteiger partial charge on any atom is -0.493 e. The van der Waals surface area contributed by atoms with Gasteiger partial charge in [-0.2, -0.15) is 8.42 Å². The van der Waals surface area contributed by atoms with Crippen molar-refractivity contribution in [2.24, 2.45) is 11.8 Å². The molecule has 0 aliphatic heterocycles. The van der Waals surface area contributed by atoms with Gasteiger partial charge in [0.25, 0.3) is 15.9 Å². The number of nitrogens with two attached hydrogens (primary N) is 1. The fourth-order valence-corrected chi connectivity index (χ4v) is 5.73. The first-order chi connectivity index (χ1) is 19.0. The van der Waals surface area contributed by atoms with E-state index in [1.807, 2.05) is 25.8 Å². The number of carbonyl (C=O) groups is 1. The third-order valence-corrected chi connectivity index (χ3v) is 7.97. The van der Waals surface area contributed by atoms with Crippen molar-refractivity contribution in [1.29, 1.82) is 0 Å². The largest absolute Gasteiger partial charge is 0.493 e. The quantitative estimate of drug-likeness (QED) is 0.348. The van der Waals surface area contributed by atoms with Gasteiger partial charge in [0.2, 0.25) is 0 Å². The molecule has 0 bridgehead atoms. The van der Waals surface area contributed by atoms with Crippen molar-refractivity contribution in [1.82, 2.24) is 14.7 Å². The van der Waals surface area contributed by atoms with Crippen LogP contribution in [0.1, 0.15) is 56.3 Å². The predicted octanol–water partition coefficient (Wildman–Crippen LogP) is 5.03. The van der Waals surface area contributed by atoms with Gasteiger partial charge in [0.15, 0.2) is 5.03 Å². The van der Waals surface area contributed by atoms with E-state index in [4.69, 9.17) is 15.5 Å². The molecule has 214 valence electrons. The van der Waals surface area contributed by atoms with E-state index in [9.17, 15) is 17.6 Å². The lowest BCUT2D eigenvalue weighted by Gasteiger charge is -2.29. The number of anilines is 2. The number of aromatic nitrogens is 2. The lowest BCUT2D eigenvalue weighted by molar-refractivity contribution is 0.0981. The number of carbonyl (C=O) groups excluding carboxylic acids is 1. The molecule has 0 spiro atoms. The Morgan fingerprint density at radius 1 is 1.12 bits per heavy atom. The highest BCUT2D eigenvalue weighted by molar-refractivity contribution is 7.90. The van der Waals surface area contributed by atoms with Crippen LogP contribution in [0.4, 0.5) is 16.0 Å². The molecule has 1 aliphatic rings. The summed E-state index contributed by atoms with van der Waals surface area (Å²) in [5, 5.41) is -0.365. The number of hydrogen-bond donors (Lipinski definition) is 2. The number of rotatable bonds is 10. The number of pyridine rings is 2. The second-order valence-electron chi connectivity index (χ2n) is 10.7. The third-order valence-electron chi connectivity index (χ3n) is 6.74. The molecule has 1 amide bonds. The zero-order chi connectivity index (χ0) is 28.9. The molecule has 3 aromatic rings. The van der Waals surface area contributed by atoms with Crippen LogP contribution in [0.5, 0.6) is 5.75 Å². The fraction of sp³-hybridized carbons (Fsp3) is 0.414. The molecule has 40 heavy (non-hydrogen) atoms. The first-order valence-corrected chi connectivity index (χ1v) is 15.0. The molecule has 0 saturated heterocycles. The van der Waals surface area contributed by atoms with Crippen molar-refractivity contribution in [3.63, 3.8) is 0 Å². The lowest BCUT2D eigenvalue weighted by atomic mass is 9.89. The highest BCUT2D eigenvalue weighted by Crippen LogP contribution is 2.30. The van der Waals surface area contributed by atoms with Crippen molar-refractivity contribution in [3.8, 4) is 17.0 Å². The number of amides is 1. The fourth-order valence-electron chi connectivity index (χ4n) is 4.79. The Morgan fingerprint density at radius 2 is 1.88 bits per heavy atom. The maximum atomic E-state index is 14.5. The van der Waals surface area contributed by atoms with Crippen LogP contribution in [-0.4, -0.2) is 44.5 Å². The zero-order valence-corrected chi connectivity index (χ0v) is 23.9. The van der Waals surface area contributed by atoms with E-state index in [1.54, 1.807) is 12.1 Å². The average Bonchev–Trinajstić information content (AvgIpc) is 2.91. The monoisotopic (exact) mass is 569 g/mol. The first-order valence-electron chi connectivity index (χ1n) is 13.5. The lowest BCUT2D eigenvalue weighted by Crippen LogP contribution is -2.34. The Balaban J connectivity index is 1.69. The Labute approximate surface area is 235 Å². The normalized spacial score (nSPS) is 14.2. The Bertz CT molecular complexity index is 1460. The predicted molar refractivity (Wildman–Crippen MR) is 153 cm³/mol. The molecule has 0 atom stereocenters. The molecule has 2 heterocycles. The second kappa shape index (κ2) is 12.6. The number of nitrogen functional groups attached to an aromatic ring is 1. The van der Waals surface area contributed by atoms with Crippen molar-refractivity contribution < 1.29 is 22.3 Å². The third kappa shape index (κ3) is 7.47. The van der Waals surface area contributed by atoms with Crippen LogP contribution in [0.25, 0.3) is 11.3 Å². The number of halogens is 1. The smallest absolute Gasteiger partial charge is 0.281 e. The Hall–Kier alpha value is -3.73. The number of sulfonamides is 1. The molecular formula is C29H36FN5O4S. The molecule has 4 rings (SSSR count). The summed E-state index contributed by atoms with van der Waals surface area (Å²) in [5.41, 5.74) is 6.62. The minimum absolute atomic E-state index is 0.0149. The summed E-state index contributed by atoms with van der Waals surface area (Å²) in [6.07, 6.45) is 5.64. The summed E-state index contributed by atoms with van der Waals surface area (Å²) < 4.78 is 48.1. The van der Waals surface area contributed by atoms with E-state index in [-0.39, 0.29) is 22.3 Å². The zero-order valence-electron chi connectivity index (χ0n) is 23.1. The van der Waals surface area contributed by atoms with Gasteiger partial charge in [-0.25, -0.2) is 19.1 Å². The van der Waals surface area contributed by atoms with Crippen molar-refractivity contribution in [2.75, 3.05) is 30.8 Å². The molecule has 1 aliphatic carbocycles. The van der Waals surface area contributed by atoms with E-state index >= 15 is 0 Å². The second-order valence-corrected chi connectivity index (χ2v) is 12.3. The van der Waals surface area contributed by atoms with Crippen LogP contribution in [0.2, 0.25) is 0 Å². The number of nitrogens with zero attached hydrogens (tertiary/aromatic N) is 3. The summed E-state index contributed by atoms with van der Waals surface area (Å²) in [5.74, 6) is 0.0511. The number of ether oxygens (including phenoxy) is 1. The van der Waals surface area contributed by atoms with Crippen LogP contribution in [0.15, 0.2) is 53.6 Å². The molecule has 0 unspecified atom stereocenters. The topological polar surface area (TPSA) is 128 Å². The minimum atomic E-state index is -4.29. The van der Waals surface area contributed by atoms with Crippen molar-refractivity contribution >= 4 is 27.6 Å².